The molecule has 0 saturated carbocycles. The van der Waals surface area contributed by atoms with Crippen LogP contribution in [0.4, 0.5) is 11.5 Å². The summed E-state index contributed by atoms with van der Waals surface area (Å²) in [5.41, 5.74) is 2.78. The lowest BCUT2D eigenvalue weighted by molar-refractivity contribution is 0.601. The van der Waals surface area contributed by atoms with Gasteiger partial charge in [-0.15, -0.1) is 0 Å². The second kappa shape index (κ2) is 6.34. The zero-order valence-corrected chi connectivity index (χ0v) is 13.5. The highest BCUT2D eigenvalue weighted by molar-refractivity contribution is 7.90. The molecular weight excluding hydrogens is 310 g/mol. The Kier molecular flexibility index (Phi) is 4.25. The summed E-state index contributed by atoms with van der Waals surface area (Å²) < 4.78 is 22.4. The van der Waals surface area contributed by atoms with Crippen molar-refractivity contribution in [3.8, 4) is 0 Å². The van der Waals surface area contributed by atoms with Crippen LogP contribution in [0.2, 0.25) is 0 Å². The summed E-state index contributed by atoms with van der Waals surface area (Å²) in [4.78, 5) is 8.53. The highest BCUT2D eigenvalue weighted by Crippen LogP contribution is 2.22. The first kappa shape index (κ1) is 15.4. The van der Waals surface area contributed by atoms with E-state index >= 15 is 0 Å². The van der Waals surface area contributed by atoms with Gasteiger partial charge in [0.05, 0.1) is 11.3 Å². The van der Waals surface area contributed by atoms with Crippen LogP contribution in [0.15, 0.2) is 54.9 Å². The van der Waals surface area contributed by atoms with Gasteiger partial charge in [-0.3, -0.25) is 0 Å². The fraction of sp³-hybridized carbons (Fsp3) is 0.176. The Balaban J connectivity index is 1.77. The molecule has 3 rings (SSSR count). The summed E-state index contributed by atoms with van der Waals surface area (Å²) in [6.45, 7) is 0. The molecule has 0 saturated heterocycles. The highest BCUT2D eigenvalue weighted by Gasteiger charge is 2.05. The van der Waals surface area contributed by atoms with Crippen molar-refractivity contribution in [1.29, 1.82) is 0 Å². The van der Waals surface area contributed by atoms with Crippen LogP contribution >= 0.6 is 0 Å². The monoisotopic (exact) mass is 327 g/mol. The normalized spacial score (nSPS) is 11.5. The third kappa shape index (κ3) is 4.04. The SMILES string of the molecule is CS(=O)(=O)CCc1ccc(Nc2ncnc3ccccc23)cc1. The molecule has 3 aromatic rings. The molecule has 6 heteroatoms. The maximum Gasteiger partial charge on any atom is 0.147 e. The topological polar surface area (TPSA) is 72.0 Å². The zero-order chi connectivity index (χ0) is 16.3. The Labute approximate surface area is 135 Å². The van der Waals surface area contributed by atoms with Gasteiger partial charge < -0.3 is 5.32 Å². The summed E-state index contributed by atoms with van der Waals surface area (Å²) in [5.74, 6) is 0.913. The Morgan fingerprint density at radius 3 is 2.48 bits per heavy atom. The highest BCUT2D eigenvalue weighted by atomic mass is 32.2. The zero-order valence-electron chi connectivity index (χ0n) is 12.7. The number of anilines is 2. The van der Waals surface area contributed by atoms with Crippen molar-refractivity contribution >= 4 is 32.2 Å². The van der Waals surface area contributed by atoms with E-state index in [1.54, 1.807) is 0 Å². The Bertz CT molecular complexity index is 917. The van der Waals surface area contributed by atoms with Crippen molar-refractivity contribution in [1.82, 2.24) is 9.97 Å². The smallest absolute Gasteiger partial charge is 0.147 e. The van der Waals surface area contributed by atoms with Gasteiger partial charge >= 0.3 is 0 Å². The van der Waals surface area contributed by atoms with Crippen LogP contribution in [0, 0.1) is 0 Å². The van der Waals surface area contributed by atoms with Crippen molar-refractivity contribution in [2.45, 2.75) is 6.42 Å². The molecule has 118 valence electrons. The number of rotatable bonds is 5. The van der Waals surface area contributed by atoms with Crippen LogP contribution in [-0.4, -0.2) is 30.4 Å². The lowest BCUT2D eigenvalue weighted by Crippen LogP contribution is -2.05. The van der Waals surface area contributed by atoms with Gasteiger partial charge in [0.15, 0.2) is 0 Å². The number of aromatic nitrogens is 2. The minimum atomic E-state index is -2.94. The molecule has 0 spiro atoms. The van der Waals surface area contributed by atoms with Gasteiger partial charge in [0.2, 0.25) is 0 Å². The van der Waals surface area contributed by atoms with Crippen LogP contribution in [0.25, 0.3) is 10.9 Å². The molecule has 1 N–H and O–H groups in total. The van der Waals surface area contributed by atoms with E-state index in [0.717, 1.165) is 28.0 Å². The van der Waals surface area contributed by atoms with Gasteiger partial charge in [0, 0.05) is 17.3 Å². The van der Waals surface area contributed by atoms with E-state index in [1.807, 2.05) is 48.5 Å². The van der Waals surface area contributed by atoms with Crippen molar-refractivity contribution in [3.63, 3.8) is 0 Å². The first-order chi connectivity index (χ1) is 11.0. The molecule has 1 aromatic heterocycles. The molecule has 0 bridgehead atoms. The first-order valence-corrected chi connectivity index (χ1v) is 9.31. The van der Waals surface area contributed by atoms with E-state index in [4.69, 9.17) is 0 Å². The number of sulfone groups is 1. The second-order valence-corrected chi connectivity index (χ2v) is 7.70. The predicted molar refractivity (Wildman–Crippen MR) is 92.7 cm³/mol. The quantitative estimate of drug-likeness (QED) is 0.780. The largest absolute Gasteiger partial charge is 0.340 e. The van der Waals surface area contributed by atoms with Crippen LogP contribution in [-0.2, 0) is 16.3 Å². The number of nitrogens with zero attached hydrogens (tertiary/aromatic N) is 2. The maximum absolute atomic E-state index is 11.2. The summed E-state index contributed by atoms with van der Waals surface area (Å²) in [5, 5.41) is 4.23. The van der Waals surface area contributed by atoms with Crippen molar-refractivity contribution in [2.75, 3.05) is 17.3 Å². The third-order valence-corrected chi connectivity index (χ3v) is 4.47. The molecule has 1 heterocycles. The lowest BCUT2D eigenvalue weighted by atomic mass is 10.1. The van der Waals surface area contributed by atoms with Crippen LogP contribution in [0.5, 0.6) is 0 Å². The molecule has 0 amide bonds. The maximum atomic E-state index is 11.2. The minimum absolute atomic E-state index is 0.163. The van der Waals surface area contributed by atoms with Gasteiger partial charge in [-0.25, -0.2) is 18.4 Å². The average Bonchev–Trinajstić information content (AvgIpc) is 2.54. The second-order valence-electron chi connectivity index (χ2n) is 5.44. The molecule has 0 aliphatic rings. The summed E-state index contributed by atoms with van der Waals surface area (Å²) in [6, 6.07) is 15.5. The van der Waals surface area contributed by atoms with Gasteiger partial charge in [0.1, 0.15) is 22.0 Å². The van der Waals surface area contributed by atoms with Gasteiger partial charge in [-0.05, 0) is 36.2 Å². The number of hydrogen-bond donors (Lipinski definition) is 1. The molecule has 0 unspecified atom stereocenters. The van der Waals surface area contributed by atoms with Crippen molar-refractivity contribution in [2.24, 2.45) is 0 Å². The fourth-order valence-corrected chi connectivity index (χ4v) is 2.91. The minimum Gasteiger partial charge on any atom is -0.340 e. The van der Waals surface area contributed by atoms with E-state index in [2.05, 4.69) is 15.3 Å². The van der Waals surface area contributed by atoms with Crippen molar-refractivity contribution in [3.05, 3.63) is 60.4 Å². The molecule has 0 radical (unpaired) electrons. The standard InChI is InChI=1S/C17H17N3O2S/c1-23(21,22)11-10-13-6-8-14(9-7-13)20-17-15-4-2-3-5-16(15)18-12-19-17/h2-9,12H,10-11H2,1H3,(H,18,19,20). The van der Waals surface area contributed by atoms with Crippen LogP contribution in [0.1, 0.15) is 5.56 Å². The molecule has 0 aliphatic carbocycles. The molecule has 0 atom stereocenters. The third-order valence-electron chi connectivity index (χ3n) is 3.52. The molecule has 0 fully saturated rings. The van der Waals surface area contributed by atoms with E-state index in [0.29, 0.717) is 6.42 Å². The molecular formula is C17H17N3O2S. The van der Waals surface area contributed by atoms with E-state index in [1.165, 1.54) is 12.6 Å². The number of para-hydroxylation sites is 1. The fourth-order valence-electron chi connectivity index (χ4n) is 2.30. The van der Waals surface area contributed by atoms with Gasteiger partial charge in [-0.1, -0.05) is 24.3 Å². The number of hydrogen-bond acceptors (Lipinski definition) is 5. The number of benzene rings is 2. The molecule has 23 heavy (non-hydrogen) atoms. The molecule has 0 aliphatic heterocycles. The summed E-state index contributed by atoms with van der Waals surface area (Å²) in [7, 11) is -2.94. The average molecular weight is 327 g/mol. The molecule has 5 nitrogen and oxygen atoms in total. The Morgan fingerprint density at radius 2 is 1.74 bits per heavy atom. The Hall–Kier alpha value is -2.47. The van der Waals surface area contributed by atoms with E-state index < -0.39 is 9.84 Å². The number of nitrogens with one attached hydrogen (secondary N) is 1. The Morgan fingerprint density at radius 1 is 1.00 bits per heavy atom. The van der Waals surface area contributed by atoms with E-state index in [-0.39, 0.29) is 5.75 Å². The summed E-state index contributed by atoms with van der Waals surface area (Å²) in [6.07, 6.45) is 3.31. The number of aryl methyl sites for hydroxylation is 1. The van der Waals surface area contributed by atoms with Crippen molar-refractivity contribution < 1.29 is 8.42 Å². The predicted octanol–water partition coefficient (Wildman–Crippen LogP) is 2.96. The van der Waals surface area contributed by atoms with Gasteiger partial charge in [0.25, 0.3) is 0 Å². The van der Waals surface area contributed by atoms with E-state index in [9.17, 15) is 8.42 Å². The van der Waals surface area contributed by atoms with Crippen LogP contribution in [0.3, 0.4) is 0 Å². The lowest BCUT2D eigenvalue weighted by Gasteiger charge is -2.09. The molecule has 2 aromatic carbocycles. The first-order valence-electron chi connectivity index (χ1n) is 7.25. The number of fused-ring (bicyclic) bond motifs is 1. The summed E-state index contributed by atoms with van der Waals surface area (Å²) >= 11 is 0. The van der Waals surface area contributed by atoms with Gasteiger partial charge in [-0.2, -0.15) is 0 Å². The van der Waals surface area contributed by atoms with Crippen LogP contribution < -0.4 is 5.32 Å².